The molecule has 21 heavy (non-hydrogen) atoms. The van der Waals surface area contributed by atoms with E-state index in [-0.39, 0.29) is 5.91 Å². The summed E-state index contributed by atoms with van der Waals surface area (Å²) in [5, 5.41) is 4.30. The maximum atomic E-state index is 12.2. The third-order valence-corrected chi connectivity index (χ3v) is 4.35. The van der Waals surface area contributed by atoms with E-state index in [0.29, 0.717) is 29.7 Å². The van der Waals surface area contributed by atoms with Crippen LogP contribution < -0.4 is 5.32 Å². The van der Waals surface area contributed by atoms with E-state index in [4.69, 9.17) is 9.15 Å². The number of ether oxygens (including phenoxy) is 1. The van der Waals surface area contributed by atoms with Crippen LogP contribution in [-0.2, 0) is 17.8 Å². The quantitative estimate of drug-likeness (QED) is 0.789. The van der Waals surface area contributed by atoms with Gasteiger partial charge in [-0.2, -0.15) is 0 Å². The second-order valence-electron chi connectivity index (χ2n) is 4.79. The van der Waals surface area contributed by atoms with Crippen LogP contribution in [0.15, 0.2) is 34.7 Å². The van der Waals surface area contributed by atoms with Crippen molar-refractivity contribution < 1.29 is 13.9 Å². The van der Waals surface area contributed by atoms with Gasteiger partial charge in [0.25, 0.3) is 5.91 Å². The number of amides is 1. The molecule has 0 atom stereocenters. The summed E-state index contributed by atoms with van der Waals surface area (Å²) in [6.45, 7) is 1.27. The molecule has 5 nitrogen and oxygen atoms in total. The predicted octanol–water partition coefficient (Wildman–Crippen LogP) is 3.21. The molecule has 0 radical (unpaired) electrons. The van der Waals surface area contributed by atoms with E-state index in [0.717, 1.165) is 22.4 Å². The number of thiazole rings is 1. The highest BCUT2D eigenvalue weighted by Crippen LogP contribution is 2.28. The van der Waals surface area contributed by atoms with Gasteiger partial charge in [0.05, 0.1) is 23.8 Å². The standard InChI is InChI=1S/C15H12N2O3S/c18-14(12-7-9-3-1-2-4-11(9)20-12)17-15-16-10-5-6-19-8-13(10)21-15/h1-4,7H,5-6,8H2,(H,16,17,18). The lowest BCUT2D eigenvalue weighted by atomic mass is 10.2. The number of nitrogens with one attached hydrogen (secondary N) is 1. The van der Waals surface area contributed by atoms with Crippen molar-refractivity contribution in [1.29, 1.82) is 0 Å². The number of carbonyl (C=O) groups excluding carboxylic acids is 1. The van der Waals surface area contributed by atoms with Crippen LogP contribution in [-0.4, -0.2) is 17.5 Å². The van der Waals surface area contributed by atoms with Crippen LogP contribution in [0.1, 0.15) is 21.1 Å². The Morgan fingerprint density at radius 1 is 1.33 bits per heavy atom. The third-order valence-electron chi connectivity index (χ3n) is 3.36. The number of furan rings is 1. The molecular formula is C15H12N2O3S. The molecule has 1 aliphatic rings. The number of hydrogen-bond acceptors (Lipinski definition) is 5. The van der Waals surface area contributed by atoms with Crippen molar-refractivity contribution in [3.63, 3.8) is 0 Å². The largest absolute Gasteiger partial charge is 0.451 e. The van der Waals surface area contributed by atoms with Crippen molar-refractivity contribution in [2.75, 3.05) is 11.9 Å². The molecule has 6 heteroatoms. The SMILES string of the molecule is O=C(Nc1nc2c(s1)COCC2)c1cc2ccccc2o1. The Kier molecular flexibility index (Phi) is 2.98. The van der Waals surface area contributed by atoms with Crippen molar-refractivity contribution in [3.8, 4) is 0 Å². The first-order chi connectivity index (χ1) is 10.3. The van der Waals surface area contributed by atoms with Crippen LogP contribution in [0.4, 0.5) is 5.13 Å². The molecule has 0 fully saturated rings. The Morgan fingerprint density at radius 2 is 2.24 bits per heavy atom. The Balaban J connectivity index is 1.58. The van der Waals surface area contributed by atoms with Crippen LogP contribution in [0, 0.1) is 0 Å². The molecule has 1 aliphatic heterocycles. The molecule has 0 unspecified atom stereocenters. The van der Waals surface area contributed by atoms with Crippen molar-refractivity contribution in [2.24, 2.45) is 0 Å². The molecule has 1 N–H and O–H groups in total. The average molecular weight is 300 g/mol. The lowest BCUT2D eigenvalue weighted by Crippen LogP contribution is -2.11. The van der Waals surface area contributed by atoms with E-state index in [1.165, 1.54) is 11.3 Å². The maximum absolute atomic E-state index is 12.2. The van der Waals surface area contributed by atoms with Gasteiger partial charge in [-0.15, -0.1) is 0 Å². The summed E-state index contributed by atoms with van der Waals surface area (Å²) in [5.74, 6) is 0.0128. The second-order valence-corrected chi connectivity index (χ2v) is 5.88. The number of anilines is 1. The zero-order valence-electron chi connectivity index (χ0n) is 11.1. The second kappa shape index (κ2) is 4.98. The van der Waals surface area contributed by atoms with Gasteiger partial charge in [-0.25, -0.2) is 4.98 Å². The fourth-order valence-corrected chi connectivity index (χ4v) is 3.27. The minimum absolute atomic E-state index is 0.279. The Labute approximate surface area is 124 Å². The van der Waals surface area contributed by atoms with Crippen LogP contribution in [0.5, 0.6) is 0 Å². The number of para-hydroxylation sites is 1. The summed E-state index contributed by atoms with van der Waals surface area (Å²) in [6.07, 6.45) is 0.798. The molecule has 0 bridgehead atoms. The highest BCUT2D eigenvalue weighted by Gasteiger charge is 2.18. The summed E-state index contributed by atoms with van der Waals surface area (Å²) in [6, 6.07) is 9.28. The van der Waals surface area contributed by atoms with Gasteiger partial charge >= 0.3 is 0 Å². The van der Waals surface area contributed by atoms with Gasteiger partial charge in [0, 0.05) is 11.8 Å². The maximum Gasteiger partial charge on any atom is 0.293 e. The van der Waals surface area contributed by atoms with Gasteiger partial charge in [-0.3, -0.25) is 10.1 Å². The molecule has 0 saturated carbocycles. The minimum atomic E-state index is -0.279. The minimum Gasteiger partial charge on any atom is -0.451 e. The molecule has 0 saturated heterocycles. The first-order valence-corrected chi connectivity index (χ1v) is 7.47. The smallest absolute Gasteiger partial charge is 0.293 e. The predicted molar refractivity (Wildman–Crippen MR) is 79.6 cm³/mol. The molecule has 106 valence electrons. The number of carbonyl (C=O) groups is 1. The lowest BCUT2D eigenvalue weighted by molar-refractivity contribution is 0.0998. The highest BCUT2D eigenvalue weighted by atomic mass is 32.1. The van der Waals surface area contributed by atoms with Crippen molar-refractivity contribution >= 4 is 33.3 Å². The molecule has 3 heterocycles. The monoisotopic (exact) mass is 300 g/mol. The molecule has 0 spiro atoms. The van der Waals surface area contributed by atoms with Crippen molar-refractivity contribution in [2.45, 2.75) is 13.0 Å². The van der Waals surface area contributed by atoms with Crippen LogP contribution in [0.3, 0.4) is 0 Å². The molecule has 3 aromatic rings. The zero-order valence-corrected chi connectivity index (χ0v) is 11.9. The number of hydrogen-bond donors (Lipinski definition) is 1. The zero-order chi connectivity index (χ0) is 14.2. The number of fused-ring (bicyclic) bond motifs is 2. The van der Waals surface area contributed by atoms with Gasteiger partial charge in [0.2, 0.25) is 0 Å². The van der Waals surface area contributed by atoms with Crippen LogP contribution in [0.2, 0.25) is 0 Å². The summed E-state index contributed by atoms with van der Waals surface area (Å²) in [7, 11) is 0. The van der Waals surface area contributed by atoms with Gasteiger partial charge < -0.3 is 9.15 Å². The highest BCUT2D eigenvalue weighted by molar-refractivity contribution is 7.15. The molecular weight excluding hydrogens is 288 g/mol. The van der Waals surface area contributed by atoms with E-state index in [1.54, 1.807) is 6.07 Å². The molecule has 0 aliphatic carbocycles. The summed E-state index contributed by atoms with van der Waals surface area (Å²) >= 11 is 1.46. The van der Waals surface area contributed by atoms with Crippen LogP contribution in [0.25, 0.3) is 11.0 Å². The summed E-state index contributed by atoms with van der Waals surface area (Å²) in [5.41, 5.74) is 1.72. The fraction of sp³-hybridized carbons (Fsp3) is 0.200. The molecule has 4 rings (SSSR count). The molecule has 1 amide bonds. The van der Waals surface area contributed by atoms with E-state index in [2.05, 4.69) is 10.3 Å². The summed E-state index contributed by atoms with van der Waals surface area (Å²) in [4.78, 5) is 17.7. The first kappa shape index (κ1) is 12.6. The van der Waals surface area contributed by atoms with E-state index < -0.39 is 0 Å². The number of rotatable bonds is 2. The van der Waals surface area contributed by atoms with Gasteiger partial charge in [-0.05, 0) is 12.1 Å². The lowest BCUT2D eigenvalue weighted by Gasteiger charge is -2.08. The van der Waals surface area contributed by atoms with Crippen molar-refractivity contribution in [3.05, 3.63) is 46.7 Å². The number of aromatic nitrogens is 1. The first-order valence-electron chi connectivity index (χ1n) is 6.66. The molecule has 1 aromatic carbocycles. The number of nitrogens with zero attached hydrogens (tertiary/aromatic N) is 1. The Bertz CT molecular complexity index is 765. The summed E-state index contributed by atoms with van der Waals surface area (Å²) < 4.78 is 10.9. The van der Waals surface area contributed by atoms with Gasteiger partial charge in [0.15, 0.2) is 10.9 Å². The van der Waals surface area contributed by atoms with Crippen LogP contribution >= 0.6 is 11.3 Å². The normalized spacial score (nSPS) is 14.1. The fourth-order valence-electron chi connectivity index (χ4n) is 2.33. The van der Waals surface area contributed by atoms with E-state index in [9.17, 15) is 4.79 Å². The van der Waals surface area contributed by atoms with E-state index in [1.807, 2.05) is 24.3 Å². The van der Waals surface area contributed by atoms with E-state index >= 15 is 0 Å². The molecule has 2 aromatic heterocycles. The number of benzene rings is 1. The Hall–Kier alpha value is -2.18. The van der Waals surface area contributed by atoms with Gasteiger partial charge in [-0.1, -0.05) is 29.5 Å². The van der Waals surface area contributed by atoms with Crippen molar-refractivity contribution in [1.82, 2.24) is 4.98 Å². The topological polar surface area (TPSA) is 64.4 Å². The third kappa shape index (κ3) is 2.32. The Morgan fingerprint density at radius 3 is 3.10 bits per heavy atom. The van der Waals surface area contributed by atoms with Gasteiger partial charge in [0.1, 0.15) is 5.58 Å². The average Bonchev–Trinajstić information content (AvgIpc) is 3.10.